The van der Waals surface area contributed by atoms with Crippen molar-refractivity contribution in [2.24, 2.45) is 0 Å². The summed E-state index contributed by atoms with van der Waals surface area (Å²) >= 11 is 0. The smallest absolute Gasteiger partial charge is 0.257 e. The Morgan fingerprint density at radius 2 is 1.91 bits per heavy atom. The van der Waals surface area contributed by atoms with Gasteiger partial charge in [-0.15, -0.1) is 0 Å². The Morgan fingerprint density at radius 1 is 1.22 bits per heavy atom. The van der Waals surface area contributed by atoms with Gasteiger partial charge in [0.2, 0.25) is 0 Å². The molecule has 1 amide bonds. The van der Waals surface area contributed by atoms with Gasteiger partial charge in [0.1, 0.15) is 5.82 Å². The number of likely N-dealkylation sites (tertiary alicyclic amines) is 2. The quantitative estimate of drug-likeness (QED) is 0.898. The van der Waals surface area contributed by atoms with Crippen LogP contribution >= 0.6 is 0 Å². The molecule has 3 fully saturated rings. The molecule has 4 rings (SSSR count). The minimum atomic E-state index is -0.769. The van der Waals surface area contributed by atoms with Crippen molar-refractivity contribution in [1.82, 2.24) is 19.8 Å². The first-order valence-corrected chi connectivity index (χ1v) is 8.69. The highest BCUT2D eigenvalue weighted by atomic mass is 16.3. The van der Waals surface area contributed by atoms with Gasteiger partial charge in [-0.25, -0.2) is 9.97 Å². The zero-order valence-corrected chi connectivity index (χ0v) is 13.4. The lowest BCUT2D eigenvalue weighted by molar-refractivity contribution is 0.0175. The van der Waals surface area contributed by atoms with Gasteiger partial charge in [-0.2, -0.15) is 0 Å². The zero-order valence-electron chi connectivity index (χ0n) is 13.4. The van der Waals surface area contributed by atoms with E-state index < -0.39 is 5.60 Å². The molecule has 6 nitrogen and oxygen atoms in total. The molecule has 1 aliphatic carbocycles. The molecule has 1 saturated carbocycles. The number of hydrogen-bond acceptors (Lipinski definition) is 5. The molecule has 2 aliphatic heterocycles. The Balaban J connectivity index is 1.38. The highest BCUT2D eigenvalue weighted by Gasteiger charge is 2.40. The SMILES string of the molecule is O=C(c1cnc(C2CC2)nc1)N1CCC(O)(CN2CCCC2)C1. The number of aliphatic hydroxyl groups is 1. The summed E-state index contributed by atoms with van der Waals surface area (Å²) in [5.41, 5.74) is -0.241. The molecule has 1 N–H and O–H groups in total. The number of β-amino-alcohol motifs (C(OH)–C–C–N with tert-alkyl or cyclic N) is 1. The summed E-state index contributed by atoms with van der Waals surface area (Å²) in [5.74, 6) is 1.29. The maximum atomic E-state index is 12.6. The van der Waals surface area contributed by atoms with E-state index >= 15 is 0 Å². The van der Waals surface area contributed by atoms with Gasteiger partial charge in [-0.3, -0.25) is 4.79 Å². The van der Waals surface area contributed by atoms with E-state index in [1.807, 2.05) is 0 Å². The third kappa shape index (κ3) is 3.23. The van der Waals surface area contributed by atoms with Gasteiger partial charge in [-0.05, 0) is 45.2 Å². The molecule has 3 aliphatic rings. The van der Waals surface area contributed by atoms with Gasteiger partial charge in [0, 0.05) is 31.4 Å². The molecule has 6 heteroatoms. The van der Waals surface area contributed by atoms with E-state index in [1.54, 1.807) is 17.3 Å². The van der Waals surface area contributed by atoms with Crippen molar-refractivity contribution in [3.8, 4) is 0 Å². The topological polar surface area (TPSA) is 69.6 Å². The predicted octanol–water partition coefficient (Wildman–Crippen LogP) is 1.03. The van der Waals surface area contributed by atoms with Gasteiger partial charge < -0.3 is 14.9 Å². The molecular weight excluding hydrogens is 292 g/mol. The first-order chi connectivity index (χ1) is 11.1. The molecule has 0 aromatic carbocycles. The minimum absolute atomic E-state index is 0.0651. The van der Waals surface area contributed by atoms with Crippen molar-refractivity contribution in [2.45, 2.75) is 43.6 Å². The van der Waals surface area contributed by atoms with Crippen LogP contribution in [0.1, 0.15) is 54.2 Å². The van der Waals surface area contributed by atoms with Crippen molar-refractivity contribution >= 4 is 5.91 Å². The summed E-state index contributed by atoms with van der Waals surface area (Å²) < 4.78 is 0. The van der Waals surface area contributed by atoms with Crippen LogP contribution in [0.25, 0.3) is 0 Å². The summed E-state index contributed by atoms with van der Waals surface area (Å²) in [4.78, 5) is 25.3. The summed E-state index contributed by atoms with van der Waals surface area (Å²) in [5, 5.41) is 10.8. The maximum absolute atomic E-state index is 12.6. The molecule has 124 valence electrons. The number of hydrogen-bond donors (Lipinski definition) is 1. The summed E-state index contributed by atoms with van der Waals surface area (Å²) in [6.07, 6.45) is 8.66. The van der Waals surface area contributed by atoms with Gasteiger partial charge in [-0.1, -0.05) is 0 Å². The van der Waals surface area contributed by atoms with Crippen LogP contribution in [0.4, 0.5) is 0 Å². The molecule has 0 bridgehead atoms. The third-order valence-electron chi connectivity index (χ3n) is 5.20. The Bertz CT molecular complexity index is 581. The highest BCUT2D eigenvalue weighted by molar-refractivity contribution is 5.93. The third-order valence-corrected chi connectivity index (χ3v) is 5.20. The average molecular weight is 316 g/mol. The molecule has 1 atom stereocenters. The van der Waals surface area contributed by atoms with E-state index in [4.69, 9.17) is 0 Å². The van der Waals surface area contributed by atoms with Crippen molar-refractivity contribution in [1.29, 1.82) is 0 Å². The Morgan fingerprint density at radius 3 is 2.57 bits per heavy atom. The predicted molar refractivity (Wildman–Crippen MR) is 85.2 cm³/mol. The fourth-order valence-corrected chi connectivity index (χ4v) is 3.70. The van der Waals surface area contributed by atoms with E-state index in [0.29, 0.717) is 37.5 Å². The lowest BCUT2D eigenvalue weighted by atomic mass is 10.0. The van der Waals surface area contributed by atoms with Crippen molar-refractivity contribution in [3.63, 3.8) is 0 Å². The van der Waals surface area contributed by atoms with Gasteiger partial charge in [0.25, 0.3) is 5.91 Å². The van der Waals surface area contributed by atoms with Crippen molar-refractivity contribution in [3.05, 3.63) is 23.8 Å². The number of amides is 1. The molecule has 1 aromatic heterocycles. The van der Waals surface area contributed by atoms with E-state index in [1.165, 1.54) is 12.8 Å². The number of carbonyl (C=O) groups excluding carboxylic acids is 1. The monoisotopic (exact) mass is 316 g/mol. The summed E-state index contributed by atoms with van der Waals surface area (Å²) in [6.45, 7) is 3.81. The largest absolute Gasteiger partial charge is 0.387 e. The fraction of sp³-hybridized carbons (Fsp3) is 0.706. The molecule has 2 saturated heterocycles. The molecule has 1 aromatic rings. The summed E-state index contributed by atoms with van der Waals surface area (Å²) in [6, 6.07) is 0. The number of rotatable bonds is 4. The first-order valence-electron chi connectivity index (χ1n) is 8.69. The van der Waals surface area contributed by atoms with Gasteiger partial charge in [0.05, 0.1) is 17.7 Å². The van der Waals surface area contributed by atoms with Crippen LogP contribution in [0.2, 0.25) is 0 Å². The maximum Gasteiger partial charge on any atom is 0.257 e. The van der Waals surface area contributed by atoms with Gasteiger partial charge in [0.15, 0.2) is 0 Å². The molecule has 0 radical (unpaired) electrons. The van der Waals surface area contributed by atoms with Crippen molar-refractivity contribution < 1.29 is 9.90 Å². The van der Waals surface area contributed by atoms with Gasteiger partial charge >= 0.3 is 0 Å². The second kappa shape index (κ2) is 5.83. The lowest BCUT2D eigenvalue weighted by Gasteiger charge is -2.28. The van der Waals surface area contributed by atoms with E-state index in [9.17, 15) is 9.90 Å². The van der Waals surface area contributed by atoms with Crippen LogP contribution in [-0.4, -0.2) is 69.1 Å². The van der Waals surface area contributed by atoms with Crippen LogP contribution < -0.4 is 0 Å². The molecular formula is C17H24N4O2. The van der Waals surface area contributed by atoms with Crippen LogP contribution in [-0.2, 0) is 0 Å². The molecule has 3 heterocycles. The lowest BCUT2D eigenvalue weighted by Crippen LogP contribution is -2.45. The van der Waals surface area contributed by atoms with Crippen molar-refractivity contribution in [2.75, 3.05) is 32.7 Å². The van der Waals surface area contributed by atoms with Crippen LogP contribution in [0, 0.1) is 0 Å². The highest BCUT2D eigenvalue weighted by Crippen LogP contribution is 2.37. The zero-order chi connectivity index (χ0) is 15.9. The second-order valence-corrected chi connectivity index (χ2v) is 7.29. The van der Waals surface area contributed by atoms with Crippen LogP contribution in [0.3, 0.4) is 0 Å². The molecule has 0 spiro atoms. The number of nitrogens with zero attached hydrogens (tertiary/aromatic N) is 4. The van der Waals surface area contributed by atoms with E-state index in [-0.39, 0.29) is 5.91 Å². The first kappa shape index (κ1) is 15.0. The Labute approximate surface area is 136 Å². The minimum Gasteiger partial charge on any atom is -0.387 e. The summed E-state index contributed by atoms with van der Waals surface area (Å²) in [7, 11) is 0. The number of aromatic nitrogens is 2. The normalized spacial score (nSPS) is 28.5. The number of carbonyl (C=O) groups is 1. The average Bonchev–Trinajstić information content (AvgIpc) is 3.16. The molecule has 23 heavy (non-hydrogen) atoms. The van der Waals surface area contributed by atoms with Crippen LogP contribution in [0.15, 0.2) is 12.4 Å². The Kier molecular flexibility index (Phi) is 3.81. The molecule has 1 unspecified atom stereocenters. The fourth-order valence-electron chi connectivity index (χ4n) is 3.70. The Hall–Kier alpha value is -1.53. The standard InChI is InChI=1S/C17H24N4O2/c22-16(14-9-18-15(19-10-14)13-3-4-13)21-8-5-17(23,12-21)11-20-6-1-2-7-20/h9-10,13,23H,1-8,11-12H2. The van der Waals surface area contributed by atoms with Crippen LogP contribution in [0.5, 0.6) is 0 Å². The van der Waals surface area contributed by atoms with E-state index in [2.05, 4.69) is 14.9 Å². The van der Waals surface area contributed by atoms with E-state index in [0.717, 1.165) is 31.8 Å². The second-order valence-electron chi connectivity index (χ2n) is 7.29.